The molecule has 14 heavy (non-hydrogen) atoms. The second-order valence-corrected chi connectivity index (χ2v) is 3.42. The summed E-state index contributed by atoms with van der Waals surface area (Å²) in [5.41, 5.74) is 1.37. The molecular formula is C13H14O. The maximum Gasteiger partial charge on any atom is 0.114 e. The largest absolute Gasteiger partial charge is 0.497 e. The highest BCUT2D eigenvalue weighted by molar-refractivity contribution is 5.30. The van der Waals surface area contributed by atoms with Crippen molar-refractivity contribution in [3.63, 3.8) is 0 Å². The van der Waals surface area contributed by atoms with E-state index in [1.165, 1.54) is 5.56 Å². The topological polar surface area (TPSA) is 9.23 Å². The van der Waals surface area contributed by atoms with E-state index in [4.69, 9.17) is 4.74 Å². The van der Waals surface area contributed by atoms with Gasteiger partial charge in [0, 0.05) is 5.92 Å². The second kappa shape index (κ2) is 4.14. The van der Waals surface area contributed by atoms with Crippen LogP contribution in [0.3, 0.4) is 0 Å². The molecule has 1 aliphatic carbocycles. The third-order valence-electron chi connectivity index (χ3n) is 2.53. The minimum absolute atomic E-state index is 0.509. The van der Waals surface area contributed by atoms with Crippen molar-refractivity contribution >= 4 is 0 Å². The van der Waals surface area contributed by atoms with E-state index >= 15 is 0 Å². The summed E-state index contributed by atoms with van der Waals surface area (Å²) < 4.78 is 5.15. The van der Waals surface area contributed by atoms with Crippen molar-refractivity contribution in [2.75, 3.05) is 7.11 Å². The van der Waals surface area contributed by atoms with Crippen molar-refractivity contribution in [3.05, 3.63) is 59.9 Å². The Morgan fingerprint density at radius 2 is 2.00 bits per heavy atom. The van der Waals surface area contributed by atoms with Crippen molar-refractivity contribution < 1.29 is 4.74 Å². The fraction of sp³-hybridized carbons (Fsp3) is 0.231. The summed E-state index contributed by atoms with van der Waals surface area (Å²) in [7, 11) is 1.71. The lowest BCUT2D eigenvalue weighted by molar-refractivity contribution is 0.303. The van der Waals surface area contributed by atoms with Crippen LogP contribution in [0.1, 0.15) is 17.9 Å². The lowest BCUT2D eigenvalue weighted by atomic mass is 9.92. The summed E-state index contributed by atoms with van der Waals surface area (Å²) in [4.78, 5) is 0. The highest BCUT2D eigenvalue weighted by atomic mass is 16.5. The highest BCUT2D eigenvalue weighted by Gasteiger charge is 2.10. The van der Waals surface area contributed by atoms with Gasteiger partial charge in [0.15, 0.2) is 0 Å². The monoisotopic (exact) mass is 186 g/mol. The van der Waals surface area contributed by atoms with Gasteiger partial charge in [-0.3, -0.25) is 0 Å². The van der Waals surface area contributed by atoms with Gasteiger partial charge in [-0.1, -0.05) is 36.4 Å². The van der Waals surface area contributed by atoms with E-state index < -0.39 is 0 Å². The van der Waals surface area contributed by atoms with Crippen LogP contribution in [-0.4, -0.2) is 7.11 Å². The fourth-order valence-corrected chi connectivity index (χ4v) is 1.70. The summed E-state index contributed by atoms with van der Waals surface area (Å²) in [6, 6.07) is 10.5. The first-order chi connectivity index (χ1) is 6.90. The molecule has 0 saturated heterocycles. The molecule has 1 unspecified atom stereocenters. The lowest BCUT2D eigenvalue weighted by Crippen LogP contribution is -1.99. The Morgan fingerprint density at radius 1 is 1.21 bits per heavy atom. The molecule has 1 aliphatic rings. The molecule has 0 heterocycles. The SMILES string of the molecule is COC1=CCC(c2ccccc2)C=C1. The van der Waals surface area contributed by atoms with E-state index in [0.717, 1.165) is 12.2 Å². The van der Waals surface area contributed by atoms with Gasteiger partial charge in [0.2, 0.25) is 0 Å². The first-order valence-corrected chi connectivity index (χ1v) is 4.87. The fourth-order valence-electron chi connectivity index (χ4n) is 1.70. The van der Waals surface area contributed by atoms with Crippen LogP contribution in [0.2, 0.25) is 0 Å². The molecule has 0 radical (unpaired) electrons. The summed E-state index contributed by atoms with van der Waals surface area (Å²) in [6.45, 7) is 0. The predicted molar refractivity (Wildman–Crippen MR) is 58.0 cm³/mol. The Morgan fingerprint density at radius 3 is 2.57 bits per heavy atom. The van der Waals surface area contributed by atoms with Gasteiger partial charge in [0.05, 0.1) is 7.11 Å². The van der Waals surface area contributed by atoms with Crippen molar-refractivity contribution in [2.24, 2.45) is 0 Å². The Kier molecular flexibility index (Phi) is 2.68. The van der Waals surface area contributed by atoms with Crippen LogP contribution in [0.15, 0.2) is 54.3 Å². The van der Waals surface area contributed by atoms with Crippen LogP contribution in [-0.2, 0) is 4.74 Å². The zero-order chi connectivity index (χ0) is 9.80. The first kappa shape index (κ1) is 9.07. The van der Waals surface area contributed by atoms with E-state index in [-0.39, 0.29) is 0 Å². The summed E-state index contributed by atoms with van der Waals surface area (Å²) >= 11 is 0. The molecule has 0 spiro atoms. The molecule has 1 heteroatoms. The van der Waals surface area contributed by atoms with Crippen LogP contribution in [0.4, 0.5) is 0 Å². The van der Waals surface area contributed by atoms with E-state index in [0.29, 0.717) is 5.92 Å². The molecule has 0 fully saturated rings. The van der Waals surface area contributed by atoms with Gasteiger partial charge >= 0.3 is 0 Å². The van der Waals surface area contributed by atoms with Gasteiger partial charge in [-0.05, 0) is 24.1 Å². The van der Waals surface area contributed by atoms with E-state index in [2.05, 4.69) is 36.4 Å². The van der Waals surface area contributed by atoms with Gasteiger partial charge in [-0.25, -0.2) is 0 Å². The number of allylic oxidation sites excluding steroid dienone is 3. The minimum atomic E-state index is 0.509. The Hall–Kier alpha value is -1.50. The predicted octanol–water partition coefficient (Wildman–Crippen LogP) is 3.26. The summed E-state index contributed by atoms with van der Waals surface area (Å²) in [6.07, 6.45) is 7.41. The molecule has 1 aromatic carbocycles. The molecule has 1 atom stereocenters. The van der Waals surface area contributed by atoms with Gasteiger partial charge in [0.1, 0.15) is 5.76 Å². The van der Waals surface area contributed by atoms with Crippen molar-refractivity contribution in [3.8, 4) is 0 Å². The number of benzene rings is 1. The van der Waals surface area contributed by atoms with Crippen LogP contribution < -0.4 is 0 Å². The smallest absolute Gasteiger partial charge is 0.114 e. The molecule has 0 N–H and O–H groups in total. The molecule has 0 saturated carbocycles. The number of hydrogen-bond donors (Lipinski definition) is 0. The molecule has 2 rings (SSSR count). The number of rotatable bonds is 2. The Balaban J connectivity index is 2.11. The zero-order valence-corrected chi connectivity index (χ0v) is 8.31. The van der Waals surface area contributed by atoms with Gasteiger partial charge in [-0.15, -0.1) is 0 Å². The lowest BCUT2D eigenvalue weighted by Gasteiger charge is -2.15. The average molecular weight is 186 g/mol. The third kappa shape index (κ3) is 1.87. The van der Waals surface area contributed by atoms with Crippen molar-refractivity contribution in [1.29, 1.82) is 0 Å². The highest BCUT2D eigenvalue weighted by Crippen LogP contribution is 2.26. The average Bonchev–Trinajstić information content (AvgIpc) is 2.30. The molecule has 1 nitrogen and oxygen atoms in total. The van der Waals surface area contributed by atoms with Crippen LogP contribution in [0.5, 0.6) is 0 Å². The molecular weight excluding hydrogens is 172 g/mol. The Bertz CT molecular complexity index is 349. The van der Waals surface area contributed by atoms with Gasteiger partial charge in [-0.2, -0.15) is 0 Å². The molecule has 1 aromatic rings. The molecule has 0 bridgehead atoms. The maximum absolute atomic E-state index is 5.15. The van der Waals surface area contributed by atoms with Crippen molar-refractivity contribution in [1.82, 2.24) is 0 Å². The first-order valence-electron chi connectivity index (χ1n) is 4.87. The van der Waals surface area contributed by atoms with E-state index in [1.54, 1.807) is 7.11 Å². The third-order valence-corrected chi connectivity index (χ3v) is 2.53. The minimum Gasteiger partial charge on any atom is -0.497 e. The molecule has 0 amide bonds. The summed E-state index contributed by atoms with van der Waals surface area (Å²) in [5.74, 6) is 1.48. The van der Waals surface area contributed by atoms with E-state index in [1.807, 2.05) is 12.1 Å². The van der Waals surface area contributed by atoms with Crippen molar-refractivity contribution in [2.45, 2.75) is 12.3 Å². The molecule has 0 aliphatic heterocycles. The quantitative estimate of drug-likeness (QED) is 0.688. The summed E-state index contributed by atoms with van der Waals surface area (Å²) in [5, 5.41) is 0. The van der Waals surface area contributed by atoms with Crippen LogP contribution in [0, 0.1) is 0 Å². The van der Waals surface area contributed by atoms with Gasteiger partial charge in [0.25, 0.3) is 0 Å². The number of hydrogen-bond acceptors (Lipinski definition) is 1. The number of methoxy groups -OCH3 is 1. The number of ether oxygens (including phenoxy) is 1. The van der Waals surface area contributed by atoms with Crippen LogP contribution >= 0.6 is 0 Å². The van der Waals surface area contributed by atoms with Gasteiger partial charge < -0.3 is 4.74 Å². The molecule has 72 valence electrons. The normalized spacial score (nSPS) is 20.4. The molecule has 0 aromatic heterocycles. The standard InChI is InChI=1S/C13H14O/c1-14-13-9-7-12(8-10-13)11-5-3-2-4-6-11/h2-7,9-10,12H,8H2,1H3. The van der Waals surface area contributed by atoms with E-state index in [9.17, 15) is 0 Å². The maximum atomic E-state index is 5.15. The van der Waals surface area contributed by atoms with Crippen LogP contribution in [0.25, 0.3) is 0 Å². The Labute approximate surface area is 84.7 Å². The second-order valence-electron chi connectivity index (χ2n) is 3.42. The zero-order valence-electron chi connectivity index (χ0n) is 8.31.